The molecule has 0 fully saturated rings. The van der Waals surface area contributed by atoms with E-state index in [0.29, 0.717) is 0 Å². The fraction of sp³-hybridized carbons (Fsp3) is 0.500. The van der Waals surface area contributed by atoms with E-state index in [4.69, 9.17) is 28.6 Å². The first kappa shape index (κ1) is 5.25. The van der Waals surface area contributed by atoms with Crippen molar-refractivity contribution < 1.29 is 0 Å². The van der Waals surface area contributed by atoms with Crippen molar-refractivity contribution >= 4 is 28.4 Å². The number of nitrogens with one attached hydrogen (secondary N) is 1. The molecule has 0 saturated carbocycles. The van der Waals surface area contributed by atoms with Crippen molar-refractivity contribution in [3.05, 3.63) is 0 Å². The van der Waals surface area contributed by atoms with Crippen LogP contribution in [0.15, 0.2) is 0 Å². The van der Waals surface area contributed by atoms with Gasteiger partial charge in [-0.3, -0.25) is 5.41 Å². The number of alkyl halides is 1. The zero-order valence-corrected chi connectivity index (χ0v) is 3.97. The summed E-state index contributed by atoms with van der Waals surface area (Å²) in [7, 11) is 0. The quantitative estimate of drug-likeness (QED) is 0.392. The number of hydrogen-bond acceptors (Lipinski definition) is 1. The second-order valence-electron chi connectivity index (χ2n) is 0.539. The molecule has 0 unspecified atom stereocenters. The molecule has 0 aliphatic carbocycles. The lowest BCUT2D eigenvalue weighted by atomic mass is 10.9. The molecule has 0 spiro atoms. The van der Waals surface area contributed by atoms with Gasteiger partial charge in [-0.25, -0.2) is 0 Å². The summed E-state index contributed by atoms with van der Waals surface area (Å²) in [4.78, 5) is 0. The Labute approximate surface area is 40.4 Å². The summed E-state index contributed by atoms with van der Waals surface area (Å²) in [5, 5.41) is 6.37. The fourth-order valence-corrected chi connectivity index (χ4v) is 0. The van der Waals surface area contributed by atoms with E-state index in [2.05, 4.69) is 0 Å². The second-order valence-corrected chi connectivity index (χ2v) is 1.26. The van der Waals surface area contributed by atoms with Gasteiger partial charge in [-0.15, -0.1) is 11.6 Å². The molecular formula is C2H3Cl2N. The summed E-state index contributed by atoms with van der Waals surface area (Å²) in [5.41, 5.74) is 0. The molecule has 0 aromatic carbocycles. The van der Waals surface area contributed by atoms with Crippen LogP contribution < -0.4 is 0 Å². The van der Waals surface area contributed by atoms with Gasteiger partial charge in [0.05, 0.1) is 5.88 Å². The summed E-state index contributed by atoms with van der Waals surface area (Å²) >= 11 is 9.89. The zero-order valence-electron chi connectivity index (χ0n) is 2.46. The molecule has 0 rings (SSSR count). The molecule has 0 atom stereocenters. The summed E-state index contributed by atoms with van der Waals surface area (Å²) in [6.45, 7) is 0. The molecule has 0 aromatic rings. The van der Waals surface area contributed by atoms with Gasteiger partial charge in [-0.2, -0.15) is 0 Å². The van der Waals surface area contributed by atoms with Crippen molar-refractivity contribution in [2.75, 3.05) is 5.88 Å². The van der Waals surface area contributed by atoms with Crippen LogP contribution in [-0.4, -0.2) is 11.1 Å². The Hall–Kier alpha value is 0.250. The Kier molecular flexibility index (Phi) is 2.61. The lowest BCUT2D eigenvalue weighted by Crippen LogP contribution is -1.79. The number of halogens is 2. The third-order valence-corrected chi connectivity index (χ3v) is 0.655. The molecule has 0 radical (unpaired) electrons. The van der Waals surface area contributed by atoms with Crippen molar-refractivity contribution in [1.82, 2.24) is 0 Å². The Morgan fingerprint density at radius 2 is 2.00 bits per heavy atom. The maximum atomic E-state index is 6.38. The summed E-state index contributed by atoms with van der Waals surface area (Å²) in [6.07, 6.45) is 0. The van der Waals surface area contributed by atoms with E-state index in [9.17, 15) is 0 Å². The van der Waals surface area contributed by atoms with E-state index in [1.54, 1.807) is 0 Å². The molecule has 1 N–H and O–H groups in total. The molecule has 0 saturated heterocycles. The molecule has 3 heteroatoms. The summed E-state index contributed by atoms with van der Waals surface area (Å²) in [5.74, 6) is 0.127. The highest BCUT2D eigenvalue weighted by molar-refractivity contribution is 6.68. The second kappa shape index (κ2) is 2.49. The maximum absolute atomic E-state index is 6.38. The van der Waals surface area contributed by atoms with Gasteiger partial charge in [-0.1, -0.05) is 11.6 Å². The molecule has 0 aliphatic heterocycles. The first-order valence-corrected chi connectivity index (χ1v) is 1.97. The summed E-state index contributed by atoms with van der Waals surface area (Å²) in [6, 6.07) is 0. The number of rotatable bonds is 1. The SMILES string of the molecule is N=C(Cl)CCl. The first-order chi connectivity index (χ1) is 2.27. The minimum absolute atomic E-state index is 0.00772. The smallest absolute Gasteiger partial charge is 0.112 e. The molecule has 5 heavy (non-hydrogen) atoms. The minimum Gasteiger partial charge on any atom is -0.292 e. The van der Waals surface area contributed by atoms with Gasteiger partial charge in [0, 0.05) is 0 Å². The van der Waals surface area contributed by atoms with Crippen LogP contribution in [0.2, 0.25) is 0 Å². The van der Waals surface area contributed by atoms with Crippen LogP contribution in [0.4, 0.5) is 0 Å². The highest BCUT2D eigenvalue weighted by atomic mass is 35.5. The normalized spacial score (nSPS) is 7.60. The van der Waals surface area contributed by atoms with E-state index >= 15 is 0 Å². The third-order valence-electron chi connectivity index (χ3n) is 0.117. The first-order valence-electron chi connectivity index (χ1n) is 1.06. The van der Waals surface area contributed by atoms with Gasteiger partial charge in [0.25, 0.3) is 0 Å². The van der Waals surface area contributed by atoms with Gasteiger partial charge in [0.15, 0.2) is 0 Å². The predicted octanol–water partition coefficient (Wildman–Crippen LogP) is 1.44. The largest absolute Gasteiger partial charge is 0.292 e. The Morgan fingerprint density at radius 3 is 2.00 bits per heavy atom. The van der Waals surface area contributed by atoms with Crippen LogP contribution in [0.3, 0.4) is 0 Å². The van der Waals surface area contributed by atoms with Gasteiger partial charge >= 0.3 is 0 Å². The number of hydrogen-bond donors (Lipinski definition) is 1. The van der Waals surface area contributed by atoms with Crippen LogP contribution >= 0.6 is 23.2 Å². The van der Waals surface area contributed by atoms with Crippen molar-refractivity contribution in [3.63, 3.8) is 0 Å². The van der Waals surface area contributed by atoms with E-state index in [1.165, 1.54) is 0 Å². The standard InChI is InChI=1S/C2H3Cl2N/c3-1-2(4)5/h5H,1H2. The Bertz CT molecular complexity index is 42.9. The van der Waals surface area contributed by atoms with E-state index in [1.807, 2.05) is 0 Å². The lowest BCUT2D eigenvalue weighted by molar-refractivity contribution is 1.53. The lowest BCUT2D eigenvalue weighted by Gasteiger charge is -1.71. The molecule has 0 heterocycles. The fourth-order valence-electron chi connectivity index (χ4n) is 0. The Morgan fingerprint density at radius 1 is 1.80 bits per heavy atom. The molecule has 0 bridgehead atoms. The van der Waals surface area contributed by atoms with Crippen molar-refractivity contribution in [1.29, 1.82) is 5.41 Å². The minimum atomic E-state index is -0.00772. The predicted molar refractivity (Wildman–Crippen MR) is 24.3 cm³/mol. The molecular weight excluding hydrogens is 109 g/mol. The topological polar surface area (TPSA) is 23.9 Å². The van der Waals surface area contributed by atoms with Crippen LogP contribution in [0.25, 0.3) is 0 Å². The van der Waals surface area contributed by atoms with Gasteiger partial charge in [-0.05, 0) is 0 Å². The van der Waals surface area contributed by atoms with Crippen LogP contribution in [0.1, 0.15) is 0 Å². The van der Waals surface area contributed by atoms with Crippen molar-refractivity contribution in [3.8, 4) is 0 Å². The molecule has 0 aliphatic rings. The summed E-state index contributed by atoms with van der Waals surface area (Å²) < 4.78 is 0. The molecule has 1 nitrogen and oxygen atoms in total. The molecule has 30 valence electrons. The van der Waals surface area contributed by atoms with Crippen molar-refractivity contribution in [2.24, 2.45) is 0 Å². The van der Waals surface area contributed by atoms with Gasteiger partial charge in [0.2, 0.25) is 0 Å². The van der Waals surface area contributed by atoms with Gasteiger partial charge < -0.3 is 0 Å². The zero-order chi connectivity index (χ0) is 4.28. The average molecular weight is 112 g/mol. The Balaban J connectivity index is 2.85. The van der Waals surface area contributed by atoms with E-state index < -0.39 is 0 Å². The van der Waals surface area contributed by atoms with Crippen LogP contribution in [-0.2, 0) is 0 Å². The van der Waals surface area contributed by atoms with Crippen LogP contribution in [0, 0.1) is 5.41 Å². The monoisotopic (exact) mass is 111 g/mol. The molecule has 0 amide bonds. The maximum Gasteiger partial charge on any atom is 0.112 e. The molecule has 0 aromatic heterocycles. The van der Waals surface area contributed by atoms with E-state index in [-0.39, 0.29) is 11.1 Å². The highest BCUT2D eigenvalue weighted by Crippen LogP contribution is 1.81. The van der Waals surface area contributed by atoms with Crippen molar-refractivity contribution in [2.45, 2.75) is 0 Å². The van der Waals surface area contributed by atoms with E-state index in [0.717, 1.165) is 0 Å². The average Bonchev–Trinajstić information content (AvgIpc) is 1.38. The highest BCUT2D eigenvalue weighted by Gasteiger charge is 1.77. The third kappa shape index (κ3) is 4.25. The van der Waals surface area contributed by atoms with Gasteiger partial charge in [0.1, 0.15) is 5.17 Å². The van der Waals surface area contributed by atoms with Crippen LogP contribution in [0.5, 0.6) is 0 Å².